The Morgan fingerprint density at radius 1 is 1.73 bits per heavy atom. The Labute approximate surface area is 88.4 Å². The van der Waals surface area contributed by atoms with Crippen molar-refractivity contribution >= 4 is 5.97 Å². The van der Waals surface area contributed by atoms with Gasteiger partial charge in [0.15, 0.2) is 0 Å². The van der Waals surface area contributed by atoms with Gasteiger partial charge in [0.25, 0.3) is 0 Å². The van der Waals surface area contributed by atoms with Gasteiger partial charge in [-0.05, 0) is 12.5 Å². The van der Waals surface area contributed by atoms with Gasteiger partial charge in [-0.2, -0.15) is 5.10 Å². The van der Waals surface area contributed by atoms with Crippen LogP contribution in [0.5, 0.6) is 0 Å². The van der Waals surface area contributed by atoms with E-state index in [2.05, 4.69) is 10.4 Å². The number of hydrogen-bond acceptors (Lipinski definition) is 4. The number of nitrogens with one attached hydrogen (secondary N) is 1. The van der Waals surface area contributed by atoms with Crippen molar-refractivity contribution in [3.63, 3.8) is 0 Å². The van der Waals surface area contributed by atoms with Gasteiger partial charge >= 0.3 is 5.97 Å². The number of nitrogens with zero attached hydrogens (tertiary/aromatic N) is 2. The Morgan fingerprint density at radius 2 is 2.60 bits per heavy atom. The molecule has 0 amide bonds. The largest absolute Gasteiger partial charge is 0.464 e. The molecule has 0 saturated carbocycles. The Bertz CT molecular complexity index is 348. The standard InChI is InChI=1S/C10H15N3O2/c1-8-6-12-13(7-8)4-3-11-9-2-5-15-10(9)14/h6-7,9,11H,2-5H2,1H3. The molecule has 15 heavy (non-hydrogen) atoms. The van der Waals surface area contributed by atoms with Crippen LogP contribution in [0.4, 0.5) is 0 Å². The molecule has 1 aliphatic rings. The molecule has 1 unspecified atom stereocenters. The van der Waals surface area contributed by atoms with Crippen molar-refractivity contribution in [2.24, 2.45) is 0 Å². The van der Waals surface area contributed by atoms with E-state index in [0.717, 1.165) is 25.1 Å². The average molecular weight is 209 g/mol. The van der Waals surface area contributed by atoms with E-state index in [-0.39, 0.29) is 12.0 Å². The number of ether oxygens (including phenoxy) is 1. The Morgan fingerprint density at radius 3 is 3.20 bits per heavy atom. The summed E-state index contributed by atoms with van der Waals surface area (Å²) in [5.41, 5.74) is 1.15. The fourth-order valence-electron chi connectivity index (χ4n) is 1.62. The van der Waals surface area contributed by atoms with Crippen molar-refractivity contribution in [1.82, 2.24) is 15.1 Å². The summed E-state index contributed by atoms with van der Waals surface area (Å²) >= 11 is 0. The Kier molecular flexibility index (Phi) is 3.01. The molecule has 0 radical (unpaired) electrons. The number of rotatable bonds is 4. The van der Waals surface area contributed by atoms with Crippen molar-refractivity contribution in [2.45, 2.75) is 25.9 Å². The maximum absolute atomic E-state index is 11.1. The van der Waals surface area contributed by atoms with Crippen LogP contribution in [-0.4, -0.2) is 34.9 Å². The summed E-state index contributed by atoms with van der Waals surface area (Å²) in [6.45, 7) is 4.06. The lowest BCUT2D eigenvalue weighted by molar-refractivity contribution is -0.139. The number of aromatic nitrogens is 2. The van der Waals surface area contributed by atoms with Crippen molar-refractivity contribution in [3.8, 4) is 0 Å². The zero-order valence-corrected chi connectivity index (χ0v) is 8.77. The molecule has 1 saturated heterocycles. The summed E-state index contributed by atoms with van der Waals surface area (Å²) in [7, 11) is 0. The second kappa shape index (κ2) is 4.44. The van der Waals surface area contributed by atoms with Gasteiger partial charge < -0.3 is 10.1 Å². The fraction of sp³-hybridized carbons (Fsp3) is 0.600. The minimum Gasteiger partial charge on any atom is -0.464 e. The Hall–Kier alpha value is -1.36. The number of carbonyl (C=O) groups excluding carboxylic acids is 1. The maximum atomic E-state index is 11.1. The minimum atomic E-state index is -0.133. The topological polar surface area (TPSA) is 56.1 Å². The van der Waals surface area contributed by atoms with E-state index >= 15 is 0 Å². The molecule has 1 atom stereocenters. The third kappa shape index (κ3) is 2.56. The van der Waals surface area contributed by atoms with Crippen LogP contribution >= 0.6 is 0 Å². The molecule has 2 rings (SSSR count). The van der Waals surface area contributed by atoms with Gasteiger partial charge in [-0.15, -0.1) is 0 Å². The summed E-state index contributed by atoms with van der Waals surface area (Å²) < 4.78 is 6.71. The normalized spacial score (nSPS) is 20.6. The summed E-state index contributed by atoms with van der Waals surface area (Å²) in [5.74, 6) is -0.133. The fourth-order valence-corrected chi connectivity index (χ4v) is 1.62. The number of aryl methyl sites for hydroxylation is 1. The average Bonchev–Trinajstić information content (AvgIpc) is 2.77. The highest BCUT2D eigenvalue weighted by molar-refractivity contribution is 5.77. The van der Waals surface area contributed by atoms with E-state index in [4.69, 9.17) is 4.74 Å². The van der Waals surface area contributed by atoms with Crippen LogP contribution in [0.3, 0.4) is 0 Å². The lowest BCUT2D eigenvalue weighted by atomic mass is 10.2. The summed E-state index contributed by atoms with van der Waals surface area (Å²) in [4.78, 5) is 11.1. The van der Waals surface area contributed by atoms with Gasteiger partial charge in [0.1, 0.15) is 6.04 Å². The molecule has 0 spiro atoms. The highest BCUT2D eigenvalue weighted by Crippen LogP contribution is 2.05. The zero-order chi connectivity index (χ0) is 10.7. The van der Waals surface area contributed by atoms with Gasteiger partial charge in [-0.1, -0.05) is 0 Å². The van der Waals surface area contributed by atoms with Crippen LogP contribution in [0.15, 0.2) is 12.4 Å². The van der Waals surface area contributed by atoms with E-state index in [9.17, 15) is 4.79 Å². The molecule has 1 aliphatic heterocycles. The predicted octanol–water partition coefficient (Wildman–Crippen LogP) is 0.0966. The summed E-state index contributed by atoms with van der Waals surface area (Å²) in [6, 6.07) is -0.123. The molecule has 5 heteroatoms. The first-order chi connectivity index (χ1) is 7.25. The minimum absolute atomic E-state index is 0.123. The molecule has 0 aliphatic carbocycles. The van der Waals surface area contributed by atoms with Crippen molar-refractivity contribution in [2.75, 3.05) is 13.2 Å². The van der Waals surface area contributed by atoms with E-state index in [0.29, 0.717) is 6.61 Å². The van der Waals surface area contributed by atoms with Crippen LogP contribution < -0.4 is 5.32 Å². The van der Waals surface area contributed by atoms with Crippen molar-refractivity contribution in [1.29, 1.82) is 0 Å². The third-order valence-corrected chi connectivity index (χ3v) is 2.43. The maximum Gasteiger partial charge on any atom is 0.323 e. The molecule has 1 aromatic heterocycles. The molecule has 1 fully saturated rings. The van der Waals surface area contributed by atoms with Gasteiger partial charge in [0.2, 0.25) is 0 Å². The van der Waals surface area contributed by atoms with Gasteiger partial charge in [0.05, 0.1) is 19.3 Å². The SMILES string of the molecule is Cc1cnn(CCNC2CCOC2=O)c1. The van der Waals surface area contributed by atoms with E-state index < -0.39 is 0 Å². The van der Waals surface area contributed by atoms with Gasteiger partial charge in [-0.3, -0.25) is 9.48 Å². The smallest absolute Gasteiger partial charge is 0.323 e. The van der Waals surface area contributed by atoms with Crippen LogP contribution in [0.1, 0.15) is 12.0 Å². The Balaban J connectivity index is 1.73. The zero-order valence-electron chi connectivity index (χ0n) is 8.77. The van der Waals surface area contributed by atoms with Crippen LogP contribution in [0.25, 0.3) is 0 Å². The van der Waals surface area contributed by atoms with Gasteiger partial charge in [0, 0.05) is 19.2 Å². The molecule has 82 valence electrons. The van der Waals surface area contributed by atoms with Crippen LogP contribution in [0, 0.1) is 6.92 Å². The second-order valence-electron chi connectivity index (χ2n) is 3.74. The van der Waals surface area contributed by atoms with E-state index in [1.807, 2.05) is 24.0 Å². The molecule has 1 N–H and O–H groups in total. The third-order valence-electron chi connectivity index (χ3n) is 2.43. The summed E-state index contributed by atoms with van der Waals surface area (Å²) in [5, 5.41) is 7.31. The lowest BCUT2D eigenvalue weighted by Gasteiger charge is -2.08. The first kappa shape index (κ1) is 10.2. The molecule has 0 aromatic carbocycles. The lowest BCUT2D eigenvalue weighted by Crippen LogP contribution is -2.35. The number of hydrogen-bond donors (Lipinski definition) is 1. The molecular weight excluding hydrogens is 194 g/mol. The highest BCUT2D eigenvalue weighted by Gasteiger charge is 2.25. The van der Waals surface area contributed by atoms with Crippen LogP contribution in [0.2, 0.25) is 0 Å². The monoisotopic (exact) mass is 209 g/mol. The van der Waals surface area contributed by atoms with Crippen molar-refractivity contribution in [3.05, 3.63) is 18.0 Å². The molecule has 5 nitrogen and oxygen atoms in total. The van der Waals surface area contributed by atoms with E-state index in [1.165, 1.54) is 0 Å². The predicted molar refractivity (Wildman–Crippen MR) is 54.3 cm³/mol. The molecule has 2 heterocycles. The summed E-state index contributed by atoms with van der Waals surface area (Å²) in [6.07, 6.45) is 4.58. The number of esters is 1. The van der Waals surface area contributed by atoms with Gasteiger partial charge in [-0.25, -0.2) is 0 Å². The highest BCUT2D eigenvalue weighted by atomic mass is 16.5. The first-order valence-corrected chi connectivity index (χ1v) is 5.15. The number of cyclic esters (lactones) is 1. The first-order valence-electron chi connectivity index (χ1n) is 5.15. The van der Waals surface area contributed by atoms with Crippen molar-refractivity contribution < 1.29 is 9.53 Å². The molecule has 1 aromatic rings. The van der Waals surface area contributed by atoms with E-state index in [1.54, 1.807) is 0 Å². The molecular formula is C10H15N3O2. The molecule has 0 bridgehead atoms. The quantitative estimate of drug-likeness (QED) is 0.714. The second-order valence-corrected chi connectivity index (χ2v) is 3.74. The van der Waals surface area contributed by atoms with Crippen LogP contribution in [-0.2, 0) is 16.1 Å². The number of carbonyl (C=O) groups is 1.